The molecule has 0 aromatic rings. The highest BCUT2D eigenvalue weighted by molar-refractivity contribution is 5.69. The van der Waals surface area contributed by atoms with Crippen molar-refractivity contribution in [2.75, 3.05) is 0 Å². The Morgan fingerprint density at radius 2 is 1.29 bits per heavy atom. The Kier molecular flexibility index (Phi) is 3.91. The first-order valence-electron chi connectivity index (χ1n) is 5.27. The summed E-state index contributed by atoms with van der Waals surface area (Å²) in [6, 6.07) is 0. The summed E-state index contributed by atoms with van der Waals surface area (Å²) in [7, 11) is 0. The molecule has 0 rings (SSSR count). The van der Waals surface area contributed by atoms with Gasteiger partial charge in [0.1, 0.15) is 0 Å². The fourth-order valence-electron chi connectivity index (χ4n) is 1.35. The van der Waals surface area contributed by atoms with Crippen molar-refractivity contribution >= 4 is 6.21 Å². The van der Waals surface area contributed by atoms with E-state index in [2.05, 4.69) is 65.7 Å². The molecule has 0 aliphatic heterocycles. The number of nitrogens with zero attached hydrogens (tertiary/aromatic N) is 1. The topological polar surface area (TPSA) is 24.4 Å². The van der Waals surface area contributed by atoms with Crippen molar-refractivity contribution in [3.63, 3.8) is 0 Å². The van der Waals surface area contributed by atoms with E-state index in [1.54, 1.807) is 0 Å². The molecule has 0 radical (unpaired) electrons. The summed E-state index contributed by atoms with van der Waals surface area (Å²) in [5, 5.41) is 3.52. The number of rotatable bonds is 2. The van der Waals surface area contributed by atoms with Crippen LogP contribution in [0, 0.1) is 0 Å². The fourth-order valence-corrected chi connectivity index (χ4v) is 1.35. The summed E-state index contributed by atoms with van der Waals surface area (Å²) in [4.78, 5) is 4.52. The van der Waals surface area contributed by atoms with Crippen LogP contribution in [0.4, 0.5) is 0 Å². The minimum Gasteiger partial charge on any atom is -0.302 e. The van der Waals surface area contributed by atoms with E-state index >= 15 is 0 Å². The van der Waals surface area contributed by atoms with Crippen LogP contribution in [0.1, 0.15) is 55.4 Å². The molecule has 84 valence electrons. The lowest BCUT2D eigenvalue weighted by atomic mass is 9.99. The largest absolute Gasteiger partial charge is 0.302 e. The lowest BCUT2D eigenvalue weighted by Gasteiger charge is -2.32. The van der Waals surface area contributed by atoms with Gasteiger partial charge in [0, 0.05) is 17.3 Å². The minimum absolute atomic E-state index is 0.0107. The molecule has 1 N–H and O–H groups in total. The Morgan fingerprint density at radius 1 is 0.857 bits per heavy atom. The van der Waals surface area contributed by atoms with Gasteiger partial charge in [0.2, 0.25) is 0 Å². The maximum atomic E-state index is 4.52. The molecule has 0 amide bonds. The first-order chi connectivity index (χ1) is 5.91. The Balaban J connectivity index is 4.43. The van der Waals surface area contributed by atoms with Crippen LogP contribution in [0.5, 0.6) is 0 Å². The molecule has 0 heterocycles. The molecule has 0 aromatic carbocycles. The zero-order chi connectivity index (χ0) is 11.6. The Hall–Kier alpha value is -0.370. The van der Waals surface area contributed by atoms with Gasteiger partial charge in [0.15, 0.2) is 0 Å². The van der Waals surface area contributed by atoms with Crippen molar-refractivity contribution in [3.05, 3.63) is 0 Å². The van der Waals surface area contributed by atoms with Crippen molar-refractivity contribution in [1.82, 2.24) is 5.32 Å². The zero-order valence-electron chi connectivity index (χ0n) is 11.0. The van der Waals surface area contributed by atoms with Crippen LogP contribution in [0.15, 0.2) is 4.99 Å². The predicted octanol–water partition coefficient (Wildman–Crippen LogP) is 3.02. The molecule has 0 unspecified atom stereocenters. The molecular formula is C12H26N2. The third-order valence-corrected chi connectivity index (χ3v) is 1.47. The molecule has 0 aliphatic carbocycles. The van der Waals surface area contributed by atoms with Gasteiger partial charge in [0.05, 0.1) is 5.54 Å². The highest BCUT2D eigenvalue weighted by Crippen LogP contribution is 2.11. The minimum atomic E-state index is -0.0501. The second kappa shape index (κ2) is 4.01. The summed E-state index contributed by atoms with van der Waals surface area (Å²) in [6.45, 7) is 17.1. The van der Waals surface area contributed by atoms with E-state index in [9.17, 15) is 0 Å². The molecule has 2 nitrogen and oxygen atoms in total. The Morgan fingerprint density at radius 3 is 1.57 bits per heavy atom. The molecule has 0 saturated carbocycles. The summed E-state index contributed by atoms with van der Waals surface area (Å²) < 4.78 is 0. The first-order valence-corrected chi connectivity index (χ1v) is 5.27. The van der Waals surface area contributed by atoms with Crippen molar-refractivity contribution < 1.29 is 0 Å². The van der Waals surface area contributed by atoms with E-state index in [-0.39, 0.29) is 16.6 Å². The van der Waals surface area contributed by atoms with E-state index in [1.807, 2.05) is 6.21 Å². The molecule has 0 atom stereocenters. The second-order valence-corrected chi connectivity index (χ2v) is 6.53. The van der Waals surface area contributed by atoms with Gasteiger partial charge in [-0.3, -0.25) is 4.99 Å². The smallest absolute Gasteiger partial charge is 0.0521 e. The molecule has 2 heteroatoms. The highest BCUT2D eigenvalue weighted by atomic mass is 15.0. The highest BCUT2D eigenvalue weighted by Gasteiger charge is 2.22. The Bertz CT molecular complexity index is 201. The van der Waals surface area contributed by atoms with E-state index < -0.39 is 0 Å². The van der Waals surface area contributed by atoms with Crippen LogP contribution >= 0.6 is 0 Å². The molecule has 0 saturated heterocycles. The third-order valence-electron chi connectivity index (χ3n) is 1.47. The summed E-state index contributed by atoms with van der Waals surface area (Å²) >= 11 is 0. The van der Waals surface area contributed by atoms with Crippen molar-refractivity contribution in [1.29, 1.82) is 0 Å². The lowest BCUT2D eigenvalue weighted by Crippen LogP contribution is -2.51. The summed E-state index contributed by atoms with van der Waals surface area (Å²) in [6.07, 6.45) is 2.01. The maximum absolute atomic E-state index is 4.52. The number of hydrogen-bond donors (Lipinski definition) is 1. The van der Waals surface area contributed by atoms with Crippen LogP contribution in [-0.2, 0) is 0 Å². The van der Waals surface area contributed by atoms with E-state index in [0.717, 1.165) is 0 Å². The molecule has 0 aromatic heterocycles. The average Bonchev–Trinajstić information content (AvgIpc) is 1.76. The molecule has 0 bridgehead atoms. The summed E-state index contributed by atoms with van der Waals surface area (Å²) in [5.41, 5.74) is 0.0791. The quantitative estimate of drug-likeness (QED) is 0.678. The Labute approximate surface area is 89.2 Å². The molecule has 0 spiro atoms. The van der Waals surface area contributed by atoms with Gasteiger partial charge in [-0.1, -0.05) is 0 Å². The van der Waals surface area contributed by atoms with E-state index in [4.69, 9.17) is 0 Å². The number of hydrogen-bond acceptors (Lipinski definition) is 2. The van der Waals surface area contributed by atoms with E-state index in [1.165, 1.54) is 0 Å². The number of aliphatic imine (C=N–C) groups is 1. The van der Waals surface area contributed by atoms with Crippen LogP contribution in [0.2, 0.25) is 0 Å². The standard InChI is InChI=1S/C12H26N2/c1-10(2,3)13-9-12(7,8)14-11(4,5)6/h9,14H,1-8H3. The first kappa shape index (κ1) is 13.6. The maximum Gasteiger partial charge on any atom is 0.0521 e. The van der Waals surface area contributed by atoms with Crippen LogP contribution in [-0.4, -0.2) is 22.8 Å². The van der Waals surface area contributed by atoms with Gasteiger partial charge in [-0.25, -0.2) is 0 Å². The molecular weight excluding hydrogens is 172 g/mol. The molecule has 0 aliphatic rings. The van der Waals surface area contributed by atoms with Gasteiger partial charge in [0.25, 0.3) is 0 Å². The van der Waals surface area contributed by atoms with E-state index in [0.29, 0.717) is 0 Å². The van der Waals surface area contributed by atoms with Gasteiger partial charge < -0.3 is 5.32 Å². The normalized spacial score (nSPS) is 15.1. The fraction of sp³-hybridized carbons (Fsp3) is 0.917. The summed E-state index contributed by atoms with van der Waals surface area (Å²) in [5.74, 6) is 0. The molecule has 14 heavy (non-hydrogen) atoms. The van der Waals surface area contributed by atoms with Crippen LogP contribution in [0.25, 0.3) is 0 Å². The van der Waals surface area contributed by atoms with Gasteiger partial charge in [-0.05, 0) is 55.4 Å². The monoisotopic (exact) mass is 198 g/mol. The zero-order valence-corrected chi connectivity index (χ0v) is 11.0. The van der Waals surface area contributed by atoms with Gasteiger partial charge >= 0.3 is 0 Å². The van der Waals surface area contributed by atoms with Gasteiger partial charge in [-0.15, -0.1) is 0 Å². The second-order valence-electron chi connectivity index (χ2n) is 6.53. The SMILES string of the molecule is CC(C)(C)N=CC(C)(C)NC(C)(C)C. The lowest BCUT2D eigenvalue weighted by molar-refractivity contribution is 0.348. The molecule has 0 fully saturated rings. The number of nitrogens with one attached hydrogen (secondary N) is 1. The van der Waals surface area contributed by atoms with Crippen molar-refractivity contribution in [2.45, 2.75) is 72.0 Å². The average molecular weight is 198 g/mol. The predicted molar refractivity (Wildman–Crippen MR) is 65.2 cm³/mol. The van der Waals surface area contributed by atoms with Crippen molar-refractivity contribution in [3.8, 4) is 0 Å². The van der Waals surface area contributed by atoms with Crippen molar-refractivity contribution in [2.24, 2.45) is 4.99 Å². The van der Waals surface area contributed by atoms with Crippen LogP contribution in [0.3, 0.4) is 0 Å². The van der Waals surface area contributed by atoms with Gasteiger partial charge in [-0.2, -0.15) is 0 Å². The third kappa shape index (κ3) is 8.24. The van der Waals surface area contributed by atoms with Crippen LogP contribution < -0.4 is 5.32 Å².